The fraction of sp³-hybridized carbons (Fsp3) is 0.188. The van der Waals surface area contributed by atoms with Crippen molar-refractivity contribution in [2.75, 3.05) is 0 Å². The van der Waals surface area contributed by atoms with Crippen LogP contribution in [-0.4, -0.2) is 15.2 Å². The minimum absolute atomic E-state index is 0.753. The molecule has 3 rings (SSSR count). The van der Waals surface area contributed by atoms with E-state index in [4.69, 9.17) is 0 Å². The van der Waals surface area contributed by atoms with Crippen LogP contribution in [0.5, 0.6) is 0 Å². The van der Waals surface area contributed by atoms with E-state index in [1.807, 2.05) is 6.07 Å². The van der Waals surface area contributed by atoms with E-state index in [1.165, 1.54) is 28.7 Å². The van der Waals surface area contributed by atoms with E-state index in [-0.39, 0.29) is 0 Å². The average molecular weight is 265 g/mol. The first-order valence-corrected chi connectivity index (χ1v) is 6.62. The van der Waals surface area contributed by atoms with Gasteiger partial charge in [-0.3, -0.25) is 0 Å². The monoisotopic (exact) mass is 265 g/mol. The van der Waals surface area contributed by atoms with Gasteiger partial charge in [-0.15, -0.1) is 0 Å². The van der Waals surface area contributed by atoms with E-state index < -0.39 is 0 Å². The number of hydrogen-bond donors (Lipinski definition) is 1. The Hall–Kier alpha value is -2.49. The lowest BCUT2D eigenvalue weighted by Crippen LogP contribution is -2.40. The maximum atomic E-state index is 4.25. The number of aromatic amines is 1. The van der Waals surface area contributed by atoms with Crippen molar-refractivity contribution >= 4 is 0 Å². The van der Waals surface area contributed by atoms with E-state index in [0.717, 1.165) is 11.6 Å². The Bertz CT molecular complexity index is 731. The van der Waals surface area contributed by atoms with Gasteiger partial charge >= 0.3 is 5.95 Å². The summed E-state index contributed by atoms with van der Waals surface area (Å²) in [6.45, 7) is 6.34. The number of nitrogens with one attached hydrogen (secondary N) is 1. The number of benzene rings is 1. The number of aryl methyl sites for hydroxylation is 1. The summed E-state index contributed by atoms with van der Waals surface area (Å²) in [6, 6.07) is 12.6. The third kappa shape index (κ3) is 1.99. The molecule has 0 unspecified atom stereocenters. The molecule has 2 aromatic heterocycles. The molecule has 0 saturated heterocycles. The predicted molar refractivity (Wildman–Crippen MR) is 77.6 cm³/mol. The van der Waals surface area contributed by atoms with Crippen molar-refractivity contribution in [3.63, 3.8) is 0 Å². The standard InChI is InChI=1S/C16H17N4/c1-11-9-15(14-7-5-4-6-8-14)12(2)13(3)20(11)16-17-10-18-19-16/h4-10H,1-3H3,(H,17,18,19)/q+1. The van der Waals surface area contributed by atoms with Crippen molar-refractivity contribution in [2.45, 2.75) is 20.8 Å². The van der Waals surface area contributed by atoms with Crippen molar-refractivity contribution in [2.24, 2.45) is 0 Å². The second-order valence-corrected chi connectivity index (χ2v) is 4.92. The van der Waals surface area contributed by atoms with Gasteiger partial charge in [0.2, 0.25) is 6.33 Å². The van der Waals surface area contributed by atoms with Gasteiger partial charge in [-0.1, -0.05) is 40.4 Å². The molecule has 0 bridgehead atoms. The Kier molecular flexibility index (Phi) is 3.06. The van der Waals surface area contributed by atoms with Crippen LogP contribution in [0.4, 0.5) is 0 Å². The smallest absolute Gasteiger partial charge is 0.202 e. The molecule has 0 aliphatic heterocycles. The fourth-order valence-corrected chi connectivity index (χ4v) is 2.56. The molecular weight excluding hydrogens is 248 g/mol. The molecule has 0 radical (unpaired) electrons. The summed E-state index contributed by atoms with van der Waals surface area (Å²) in [6.07, 6.45) is 1.53. The summed E-state index contributed by atoms with van der Waals surface area (Å²) in [5.74, 6) is 0.753. The number of H-pyrrole nitrogens is 1. The van der Waals surface area contributed by atoms with Gasteiger partial charge in [0.25, 0.3) is 0 Å². The molecule has 4 heteroatoms. The molecule has 2 heterocycles. The maximum absolute atomic E-state index is 4.25. The Labute approximate surface area is 118 Å². The van der Waals surface area contributed by atoms with Gasteiger partial charge < -0.3 is 0 Å². The first kappa shape index (κ1) is 12.5. The zero-order valence-electron chi connectivity index (χ0n) is 11.9. The summed E-state index contributed by atoms with van der Waals surface area (Å²) >= 11 is 0. The minimum Gasteiger partial charge on any atom is -0.202 e. The quantitative estimate of drug-likeness (QED) is 0.724. The molecular formula is C16H17N4+. The molecule has 20 heavy (non-hydrogen) atoms. The van der Waals surface area contributed by atoms with Crippen molar-refractivity contribution in [3.8, 4) is 17.1 Å². The van der Waals surface area contributed by atoms with E-state index in [1.54, 1.807) is 0 Å². The van der Waals surface area contributed by atoms with Crippen molar-refractivity contribution < 1.29 is 4.57 Å². The Balaban J connectivity index is 2.23. The first-order valence-electron chi connectivity index (χ1n) is 6.62. The maximum Gasteiger partial charge on any atom is 0.422 e. The van der Waals surface area contributed by atoms with Gasteiger partial charge in [0.15, 0.2) is 0 Å². The van der Waals surface area contributed by atoms with E-state index in [9.17, 15) is 0 Å². The molecule has 4 nitrogen and oxygen atoms in total. The average Bonchev–Trinajstić information content (AvgIpc) is 2.98. The Morgan fingerprint density at radius 3 is 2.45 bits per heavy atom. The molecule has 100 valence electrons. The largest absolute Gasteiger partial charge is 0.422 e. The van der Waals surface area contributed by atoms with Gasteiger partial charge in [-0.2, -0.15) is 5.10 Å². The highest BCUT2D eigenvalue weighted by atomic mass is 15.3. The van der Waals surface area contributed by atoms with Crippen LogP contribution in [0.15, 0.2) is 42.7 Å². The number of rotatable bonds is 2. The Morgan fingerprint density at radius 1 is 1.05 bits per heavy atom. The fourth-order valence-electron chi connectivity index (χ4n) is 2.56. The normalized spacial score (nSPS) is 10.8. The zero-order chi connectivity index (χ0) is 14.1. The van der Waals surface area contributed by atoms with E-state index in [0.29, 0.717) is 0 Å². The van der Waals surface area contributed by atoms with Gasteiger partial charge in [0.1, 0.15) is 0 Å². The van der Waals surface area contributed by atoms with Crippen molar-refractivity contribution in [1.82, 2.24) is 15.2 Å². The predicted octanol–water partition coefficient (Wildman–Crippen LogP) is 2.67. The summed E-state index contributed by atoms with van der Waals surface area (Å²) in [4.78, 5) is 4.25. The van der Waals surface area contributed by atoms with Crippen LogP contribution in [0, 0.1) is 20.8 Å². The van der Waals surface area contributed by atoms with Crippen molar-refractivity contribution in [1.29, 1.82) is 0 Å². The summed E-state index contributed by atoms with van der Waals surface area (Å²) < 4.78 is 2.09. The van der Waals surface area contributed by atoms with Gasteiger partial charge in [-0.05, 0) is 43.5 Å². The van der Waals surface area contributed by atoms with Crippen LogP contribution < -0.4 is 4.57 Å². The molecule has 1 aromatic carbocycles. The molecule has 0 amide bonds. The van der Waals surface area contributed by atoms with E-state index >= 15 is 0 Å². The van der Waals surface area contributed by atoms with Crippen LogP contribution in [-0.2, 0) is 0 Å². The number of pyridine rings is 1. The van der Waals surface area contributed by atoms with Crippen LogP contribution in [0.2, 0.25) is 0 Å². The van der Waals surface area contributed by atoms with E-state index in [2.05, 4.69) is 70.9 Å². The van der Waals surface area contributed by atoms with Crippen LogP contribution in [0.25, 0.3) is 17.1 Å². The molecule has 0 aliphatic carbocycles. The second-order valence-electron chi connectivity index (χ2n) is 4.92. The highest BCUT2D eigenvalue weighted by Crippen LogP contribution is 2.25. The molecule has 0 spiro atoms. The van der Waals surface area contributed by atoms with Gasteiger partial charge in [-0.25, -0.2) is 4.57 Å². The lowest BCUT2D eigenvalue weighted by Gasteiger charge is -2.13. The molecule has 0 saturated carbocycles. The lowest BCUT2D eigenvalue weighted by atomic mass is 9.99. The summed E-state index contributed by atoms with van der Waals surface area (Å²) in [7, 11) is 0. The van der Waals surface area contributed by atoms with Gasteiger partial charge in [0.05, 0.1) is 11.4 Å². The number of aromatic nitrogens is 4. The lowest BCUT2D eigenvalue weighted by molar-refractivity contribution is -0.617. The minimum atomic E-state index is 0.753. The SMILES string of the molecule is Cc1c(-c2ccccc2)cc(C)[n+](-c2ncn[nH]2)c1C. The van der Waals surface area contributed by atoms with Crippen LogP contribution in [0.3, 0.4) is 0 Å². The van der Waals surface area contributed by atoms with Gasteiger partial charge in [0, 0.05) is 0 Å². The molecule has 3 aromatic rings. The van der Waals surface area contributed by atoms with Crippen LogP contribution >= 0.6 is 0 Å². The highest BCUT2D eigenvalue weighted by molar-refractivity contribution is 5.67. The molecule has 0 fully saturated rings. The molecule has 0 atom stereocenters. The summed E-state index contributed by atoms with van der Waals surface area (Å²) in [5.41, 5.74) is 6.04. The number of hydrogen-bond acceptors (Lipinski definition) is 2. The molecule has 1 N–H and O–H groups in total. The third-order valence-corrected chi connectivity index (χ3v) is 3.69. The number of nitrogens with zero attached hydrogens (tertiary/aromatic N) is 3. The van der Waals surface area contributed by atoms with Crippen LogP contribution in [0.1, 0.15) is 17.0 Å². The Morgan fingerprint density at radius 2 is 1.80 bits per heavy atom. The third-order valence-electron chi connectivity index (χ3n) is 3.69. The first-order chi connectivity index (χ1) is 9.68. The topological polar surface area (TPSA) is 45.5 Å². The zero-order valence-corrected chi connectivity index (χ0v) is 11.9. The molecule has 0 aliphatic rings. The highest BCUT2D eigenvalue weighted by Gasteiger charge is 2.18. The second kappa shape index (κ2) is 4.89. The summed E-state index contributed by atoms with van der Waals surface area (Å²) in [5, 5.41) is 6.86. The van der Waals surface area contributed by atoms with Crippen molar-refractivity contribution in [3.05, 3.63) is 59.7 Å².